The van der Waals surface area contributed by atoms with Gasteiger partial charge in [0.05, 0.1) is 30.5 Å². The zero-order valence-corrected chi connectivity index (χ0v) is 14.5. The van der Waals surface area contributed by atoms with Gasteiger partial charge in [0.15, 0.2) is 0 Å². The molecule has 26 heavy (non-hydrogen) atoms. The van der Waals surface area contributed by atoms with E-state index in [1.165, 1.54) is 0 Å². The normalized spacial score (nSPS) is 18.2. The molecule has 3 heterocycles. The van der Waals surface area contributed by atoms with Crippen LogP contribution in [-0.2, 0) is 17.5 Å². The van der Waals surface area contributed by atoms with Gasteiger partial charge in [-0.3, -0.25) is 14.5 Å². The Balaban J connectivity index is 1.67. The van der Waals surface area contributed by atoms with Crippen molar-refractivity contribution in [1.82, 2.24) is 19.7 Å². The van der Waals surface area contributed by atoms with Crippen molar-refractivity contribution in [3.05, 3.63) is 47.0 Å². The second-order valence-corrected chi connectivity index (χ2v) is 6.28. The first-order valence-corrected chi connectivity index (χ1v) is 8.19. The highest BCUT2D eigenvalue weighted by Crippen LogP contribution is 2.27. The molecule has 0 saturated carbocycles. The SMILES string of the molecule is Cc1cc(C)n(CC2CN(C(=O)c3ccc(C(F)(F)F)nc3)CCO2)n1. The average molecular weight is 368 g/mol. The van der Waals surface area contributed by atoms with Crippen molar-refractivity contribution in [1.29, 1.82) is 0 Å². The highest BCUT2D eigenvalue weighted by molar-refractivity contribution is 5.94. The molecule has 1 amide bonds. The number of nitrogens with zero attached hydrogens (tertiary/aromatic N) is 4. The number of amides is 1. The van der Waals surface area contributed by atoms with Crippen molar-refractivity contribution < 1.29 is 22.7 Å². The number of hydrogen-bond acceptors (Lipinski definition) is 4. The Labute approximate surface area is 148 Å². The van der Waals surface area contributed by atoms with E-state index in [4.69, 9.17) is 4.74 Å². The molecule has 2 aromatic rings. The molecule has 2 aromatic heterocycles. The van der Waals surface area contributed by atoms with E-state index >= 15 is 0 Å². The minimum atomic E-state index is -4.52. The summed E-state index contributed by atoms with van der Waals surface area (Å²) in [6.07, 6.45) is -3.78. The lowest BCUT2D eigenvalue weighted by molar-refractivity contribution is -0.141. The summed E-state index contributed by atoms with van der Waals surface area (Å²) < 4.78 is 45.3. The third-order valence-corrected chi connectivity index (χ3v) is 4.21. The minimum Gasteiger partial charge on any atom is -0.373 e. The summed E-state index contributed by atoms with van der Waals surface area (Å²) in [6, 6.07) is 3.93. The smallest absolute Gasteiger partial charge is 0.373 e. The van der Waals surface area contributed by atoms with Crippen LogP contribution in [0.1, 0.15) is 27.4 Å². The summed E-state index contributed by atoms with van der Waals surface area (Å²) in [5.41, 5.74) is 1.02. The number of morpholine rings is 1. The largest absolute Gasteiger partial charge is 0.433 e. The summed E-state index contributed by atoms with van der Waals surface area (Å²) in [6.45, 7) is 5.45. The molecule has 6 nitrogen and oxygen atoms in total. The third-order valence-electron chi connectivity index (χ3n) is 4.21. The maximum atomic E-state index is 12.6. The van der Waals surface area contributed by atoms with E-state index in [1.54, 1.807) is 4.90 Å². The second-order valence-electron chi connectivity index (χ2n) is 6.28. The summed E-state index contributed by atoms with van der Waals surface area (Å²) >= 11 is 0. The molecule has 140 valence electrons. The number of aromatic nitrogens is 3. The van der Waals surface area contributed by atoms with Crippen LogP contribution in [-0.4, -0.2) is 51.4 Å². The summed E-state index contributed by atoms with van der Waals surface area (Å²) in [5, 5.41) is 4.38. The lowest BCUT2D eigenvalue weighted by Crippen LogP contribution is -2.47. The van der Waals surface area contributed by atoms with Gasteiger partial charge in [-0.15, -0.1) is 0 Å². The van der Waals surface area contributed by atoms with Crippen molar-refractivity contribution in [2.75, 3.05) is 19.7 Å². The fourth-order valence-electron chi connectivity index (χ4n) is 2.94. The molecule has 0 radical (unpaired) electrons. The number of carbonyl (C=O) groups excluding carboxylic acids is 1. The summed E-state index contributed by atoms with van der Waals surface area (Å²) in [7, 11) is 0. The fraction of sp³-hybridized carbons (Fsp3) is 0.471. The van der Waals surface area contributed by atoms with Gasteiger partial charge in [0.2, 0.25) is 0 Å². The predicted molar refractivity (Wildman–Crippen MR) is 86.6 cm³/mol. The quantitative estimate of drug-likeness (QED) is 0.835. The number of hydrogen-bond donors (Lipinski definition) is 0. The van der Waals surface area contributed by atoms with Gasteiger partial charge in [-0.2, -0.15) is 18.3 Å². The van der Waals surface area contributed by atoms with E-state index in [1.807, 2.05) is 24.6 Å². The molecule has 1 fully saturated rings. The van der Waals surface area contributed by atoms with Crippen LogP contribution in [0.15, 0.2) is 24.4 Å². The Morgan fingerprint density at radius 2 is 2.12 bits per heavy atom. The molecule has 1 aliphatic heterocycles. The second kappa shape index (κ2) is 7.06. The van der Waals surface area contributed by atoms with E-state index in [2.05, 4.69) is 10.1 Å². The Morgan fingerprint density at radius 1 is 1.35 bits per heavy atom. The fourth-order valence-corrected chi connectivity index (χ4v) is 2.94. The number of carbonyl (C=O) groups is 1. The predicted octanol–water partition coefficient (Wildman–Crippen LogP) is 2.45. The maximum absolute atomic E-state index is 12.6. The van der Waals surface area contributed by atoms with Crippen molar-refractivity contribution in [3.8, 4) is 0 Å². The number of halogens is 3. The van der Waals surface area contributed by atoms with E-state index in [0.29, 0.717) is 26.2 Å². The first-order valence-electron chi connectivity index (χ1n) is 8.19. The molecule has 9 heteroatoms. The van der Waals surface area contributed by atoms with Crippen molar-refractivity contribution >= 4 is 5.91 Å². The molecule has 3 rings (SSSR count). The minimum absolute atomic E-state index is 0.129. The molecule has 0 spiro atoms. The molecule has 1 unspecified atom stereocenters. The number of alkyl halides is 3. The number of rotatable bonds is 3. The van der Waals surface area contributed by atoms with Gasteiger partial charge in [-0.25, -0.2) is 0 Å². The van der Waals surface area contributed by atoms with Crippen LogP contribution in [0, 0.1) is 13.8 Å². The van der Waals surface area contributed by atoms with Gasteiger partial charge < -0.3 is 9.64 Å². The third kappa shape index (κ3) is 4.04. The Hall–Kier alpha value is -2.42. The van der Waals surface area contributed by atoms with Crippen LogP contribution in [0.4, 0.5) is 13.2 Å². The molecular weight excluding hydrogens is 349 g/mol. The van der Waals surface area contributed by atoms with E-state index in [9.17, 15) is 18.0 Å². The Bertz CT molecular complexity index is 786. The van der Waals surface area contributed by atoms with E-state index in [-0.39, 0.29) is 17.6 Å². The molecular formula is C17H19F3N4O2. The zero-order valence-electron chi connectivity index (χ0n) is 14.5. The van der Waals surface area contributed by atoms with Crippen molar-refractivity contribution in [2.24, 2.45) is 0 Å². The zero-order chi connectivity index (χ0) is 18.9. The van der Waals surface area contributed by atoms with Crippen molar-refractivity contribution in [2.45, 2.75) is 32.7 Å². The first-order chi connectivity index (χ1) is 12.2. The number of aryl methyl sites for hydroxylation is 2. The molecule has 1 atom stereocenters. The topological polar surface area (TPSA) is 60.2 Å². The molecule has 1 saturated heterocycles. The van der Waals surface area contributed by atoms with Crippen molar-refractivity contribution in [3.63, 3.8) is 0 Å². The molecule has 0 aromatic carbocycles. The molecule has 0 aliphatic carbocycles. The lowest BCUT2D eigenvalue weighted by Gasteiger charge is -2.33. The van der Waals surface area contributed by atoms with Gasteiger partial charge >= 0.3 is 6.18 Å². The van der Waals surface area contributed by atoms with Gasteiger partial charge in [0.1, 0.15) is 5.69 Å². The van der Waals surface area contributed by atoms with Crippen LogP contribution in [0.2, 0.25) is 0 Å². The molecule has 0 N–H and O–H groups in total. The summed E-state index contributed by atoms with van der Waals surface area (Å²) in [5.74, 6) is -0.354. The van der Waals surface area contributed by atoms with Gasteiger partial charge in [0, 0.05) is 25.0 Å². The number of pyridine rings is 1. The maximum Gasteiger partial charge on any atom is 0.433 e. The molecule has 0 bridgehead atoms. The van der Waals surface area contributed by atoms with Crippen LogP contribution in [0.5, 0.6) is 0 Å². The highest BCUT2D eigenvalue weighted by atomic mass is 19.4. The Kier molecular flexibility index (Phi) is 4.99. The van der Waals surface area contributed by atoms with Gasteiger partial charge in [0.25, 0.3) is 5.91 Å². The standard InChI is InChI=1S/C17H19F3N4O2/c1-11-7-12(2)24(22-11)10-14-9-23(5-6-26-14)16(25)13-3-4-15(21-8-13)17(18,19)20/h3-4,7-8,14H,5-6,9-10H2,1-2H3. The lowest BCUT2D eigenvalue weighted by atomic mass is 10.2. The van der Waals surface area contributed by atoms with Crippen LogP contribution in [0.3, 0.4) is 0 Å². The highest BCUT2D eigenvalue weighted by Gasteiger charge is 2.33. The number of ether oxygens (including phenoxy) is 1. The van der Waals surface area contributed by atoms with Gasteiger partial charge in [-0.05, 0) is 32.0 Å². The monoisotopic (exact) mass is 368 g/mol. The van der Waals surface area contributed by atoms with E-state index in [0.717, 1.165) is 29.7 Å². The van der Waals surface area contributed by atoms with Crippen LogP contribution < -0.4 is 0 Å². The van der Waals surface area contributed by atoms with Crippen LogP contribution in [0.25, 0.3) is 0 Å². The average Bonchev–Trinajstić information content (AvgIpc) is 2.91. The van der Waals surface area contributed by atoms with E-state index < -0.39 is 11.9 Å². The first kappa shape index (κ1) is 18.4. The Morgan fingerprint density at radius 3 is 2.69 bits per heavy atom. The van der Waals surface area contributed by atoms with Crippen LogP contribution >= 0.6 is 0 Å². The summed E-state index contributed by atoms with van der Waals surface area (Å²) in [4.78, 5) is 17.5. The van der Waals surface area contributed by atoms with Gasteiger partial charge in [-0.1, -0.05) is 0 Å². The molecule has 1 aliphatic rings.